The SMILES string of the molecule is CC1(C)OCC(COc2ccc(C3c4[nH]c5ccc(Cl)cc5c4CCN3C(=O)Oc3ccc(Cl)cc3)cc2)O1. The van der Waals surface area contributed by atoms with Gasteiger partial charge in [-0.1, -0.05) is 35.3 Å². The third-order valence-corrected chi connectivity index (χ3v) is 7.53. The Hall–Kier alpha value is -3.23. The average Bonchev–Trinajstić information content (AvgIpc) is 3.47. The van der Waals surface area contributed by atoms with E-state index in [-0.39, 0.29) is 12.1 Å². The summed E-state index contributed by atoms with van der Waals surface area (Å²) in [5.41, 5.74) is 3.99. The zero-order chi connectivity index (χ0) is 27.1. The molecular formula is C30H28Cl2N2O5. The van der Waals surface area contributed by atoms with Gasteiger partial charge in [-0.3, -0.25) is 4.90 Å². The standard InChI is InChI=1S/C30H28Cl2N2O5/c1-30(2)37-17-23(39-30)16-36-21-8-3-18(4-9-21)28-27-24(25-15-20(32)7-12-26(25)33-27)13-14-34(28)29(35)38-22-10-5-19(31)6-11-22/h3-12,15,23,28,33H,13-14,16-17H2,1-2H3. The first-order valence-electron chi connectivity index (χ1n) is 12.8. The van der Waals surface area contributed by atoms with E-state index in [0.717, 1.165) is 27.7 Å². The number of carbonyl (C=O) groups is 1. The van der Waals surface area contributed by atoms with Crippen molar-refractivity contribution < 1.29 is 23.7 Å². The smallest absolute Gasteiger partial charge is 0.416 e. The summed E-state index contributed by atoms with van der Waals surface area (Å²) in [6.45, 7) is 5.14. The Labute approximate surface area is 236 Å². The molecule has 0 aliphatic carbocycles. The summed E-state index contributed by atoms with van der Waals surface area (Å²) in [5, 5.41) is 2.31. The maximum atomic E-state index is 13.5. The third kappa shape index (κ3) is 5.45. The molecule has 1 amide bonds. The summed E-state index contributed by atoms with van der Waals surface area (Å²) in [6, 6.07) is 19.9. The van der Waals surface area contributed by atoms with Gasteiger partial charge in [-0.25, -0.2) is 4.79 Å². The van der Waals surface area contributed by atoms with Crippen LogP contribution in [0, 0.1) is 0 Å². The van der Waals surface area contributed by atoms with E-state index in [1.807, 2.05) is 56.3 Å². The largest absolute Gasteiger partial charge is 0.491 e. The highest BCUT2D eigenvalue weighted by Gasteiger charge is 2.36. The van der Waals surface area contributed by atoms with Gasteiger partial charge >= 0.3 is 6.09 Å². The molecule has 2 aliphatic heterocycles. The predicted octanol–water partition coefficient (Wildman–Crippen LogP) is 7.15. The van der Waals surface area contributed by atoms with E-state index in [4.69, 9.17) is 42.1 Å². The average molecular weight is 567 g/mol. The van der Waals surface area contributed by atoms with Crippen LogP contribution in [0.5, 0.6) is 11.5 Å². The van der Waals surface area contributed by atoms with Gasteiger partial charge in [-0.05, 0) is 86.0 Å². The minimum atomic E-state index is -0.593. The number of nitrogens with zero attached hydrogens (tertiary/aromatic N) is 1. The maximum absolute atomic E-state index is 13.5. The zero-order valence-corrected chi connectivity index (χ0v) is 23.1. The number of halogens is 2. The van der Waals surface area contributed by atoms with Crippen molar-refractivity contribution in [3.05, 3.63) is 93.6 Å². The topological polar surface area (TPSA) is 73.0 Å². The Kier molecular flexibility index (Phi) is 6.93. The fourth-order valence-corrected chi connectivity index (χ4v) is 5.54. The summed E-state index contributed by atoms with van der Waals surface area (Å²) >= 11 is 12.3. The molecule has 9 heteroatoms. The second-order valence-electron chi connectivity index (χ2n) is 10.2. The monoisotopic (exact) mass is 566 g/mol. The van der Waals surface area contributed by atoms with Crippen molar-refractivity contribution in [3.8, 4) is 11.5 Å². The van der Waals surface area contributed by atoms with Crippen LogP contribution in [-0.4, -0.2) is 47.6 Å². The Morgan fingerprint density at radius 2 is 1.74 bits per heavy atom. The first kappa shape index (κ1) is 26.0. The van der Waals surface area contributed by atoms with Crippen molar-refractivity contribution in [2.75, 3.05) is 19.8 Å². The van der Waals surface area contributed by atoms with Gasteiger partial charge in [0.1, 0.15) is 30.3 Å². The summed E-state index contributed by atoms with van der Waals surface area (Å²) in [4.78, 5) is 18.8. The van der Waals surface area contributed by atoms with E-state index in [2.05, 4.69) is 4.98 Å². The van der Waals surface area contributed by atoms with Gasteiger partial charge in [0.25, 0.3) is 0 Å². The van der Waals surface area contributed by atoms with Gasteiger partial charge in [0.2, 0.25) is 0 Å². The van der Waals surface area contributed by atoms with Gasteiger partial charge in [0.15, 0.2) is 5.79 Å². The molecule has 2 unspecified atom stereocenters. The first-order valence-corrected chi connectivity index (χ1v) is 13.6. The number of H-pyrrole nitrogens is 1. The van der Waals surface area contributed by atoms with Crippen molar-refractivity contribution in [1.29, 1.82) is 0 Å². The number of amides is 1. The van der Waals surface area contributed by atoms with Gasteiger partial charge in [0, 0.05) is 33.2 Å². The predicted molar refractivity (Wildman–Crippen MR) is 150 cm³/mol. The quantitative estimate of drug-likeness (QED) is 0.277. The molecule has 2 atom stereocenters. The molecule has 0 radical (unpaired) electrons. The Morgan fingerprint density at radius 3 is 2.46 bits per heavy atom. The molecular weight excluding hydrogens is 539 g/mol. The van der Waals surface area contributed by atoms with Crippen LogP contribution in [0.25, 0.3) is 10.9 Å². The third-order valence-electron chi connectivity index (χ3n) is 7.04. The number of hydrogen-bond acceptors (Lipinski definition) is 5. The molecule has 1 fully saturated rings. The molecule has 0 saturated carbocycles. The molecule has 3 heterocycles. The van der Waals surface area contributed by atoms with Crippen molar-refractivity contribution in [2.45, 2.75) is 38.2 Å². The number of aromatic amines is 1. The first-order chi connectivity index (χ1) is 18.8. The number of ether oxygens (including phenoxy) is 4. The molecule has 0 bridgehead atoms. The molecule has 0 spiro atoms. The number of hydrogen-bond donors (Lipinski definition) is 1. The summed E-state index contributed by atoms with van der Waals surface area (Å²) in [5.74, 6) is 0.550. The van der Waals surface area contributed by atoms with E-state index in [9.17, 15) is 4.79 Å². The summed E-state index contributed by atoms with van der Waals surface area (Å²) in [7, 11) is 0. The molecule has 2 aliphatic rings. The number of rotatable bonds is 5. The summed E-state index contributed by atoms with van der Waals surface area (Å²) in [6.07, 6.45) is 0.103. The molecule has 7 nitrogen and oxygen atoms in total. The van der Waals surface area contributed by atoms with Crippen molar-refractivity contribution in [3.63, 3.8) is 0 Å². The molecule has 3 aromatic carbocycles. The molecule has 6 rings (SSSR count). The highest BCUT2D eigenvalue weighted by molar-refractivity contribution is 6.31. The fourth-order valence-electron chi connectivity index (χ4n) is 5.25. The summed E-state index contributed by atoms with van der Waals surface area (Å²) < 4.78 is 23.2. The van der Waals surface area contributed by atoms with Crippen molar-refractivity contribution >= 4 is 40.2 Å². The second-order valence-corrected chi connectivity index (χ2v) is 11.1. The molecule has 1 N–H and O–H groups in total. The Balaban J connectivity index is 1.29. The second kappa shape index (κ2) is 10.4. The van der Waals surface area contributed by atoms with Crippen molar-refractivity contribution in [1.82, 2.24) is 9.88 Å². The lowest BCUT2D eigenvalue weighted by Crippen LogP contribution is -2.42. The lowest BCUT2D eigenvalue weighted by atomic mass is 9.92. The highest BCUT2D eigenvalue weighted by atomic mass is 35.5. The minimum Gasteiger partial charge on any atom is -0.491 e. The number of fused-ring (bicyclic) bond motifs is 3. The van der Waals surface area contributed by atoms with Crippen LogP contribution in [0.15, 0.2) is 66.7 Å². The van der Waals surface area contributed by atoms with Crippen LogP contribution < -0.4 is 9.47 Å². The highest BCUT2D eigenvalue weighted by Crippen LogP contribution is 2.40. The van der Waals surface area contributed by atoms with Crippen molar-refractivity contribution in [2.24, 2.45) is 0 Å². The molecule has 1 aromatic heterocycles. The van der Waals surface area contributed by atoms with E-state index >= 15 is 0 Å². The van der Waals surface area contributed by atoms with E-state index < -0.39 is 11.9 Å². The van der Waals surface area contributed by atoms with Crippen LogP contribution in [0.1, 0.15) is 36.7 Å². The van der Waals surface area contributed by atoms with E-state index in [1.165, 1.54) is 0 Å². The lowest BCUT2D eigenvalue weighted by Gasteiger charge is -2.35. The molecule has 39 heavy (non-hydrogen) atoms. The number of nitrogens with one attached hydrogen (secondary N) is 1. The van der Waals surface area contributed by atoms with E-state index in [1.54, 1.807) is 29.2 Å². The van der Waals surface area contributed by atoms with Crippen LogP contribution in [0.4, 0.5) is 4.79 Å². The van der Waals surface area contributed by atoms with Gasteiger partial charge < -0.3 is 23.9 Å². The van der Waals surface area contributed by atoms with Gasteiger partial charge in [0.05, 0.1) is 6.61 Å². The van der Waals surface area contributed by atoms with Crippen LogP contribution in [0.2, 0.25) is 10.0 Å². The van der Waals surface area contributed by atoms with Crippen LogP contribution >= 0.6 is 23.2 Å². The Morgan fingerprint density at radius 1 is 1.03 bits per heavy atom. The fraction of sp³-hybridized carbons (Fsp3) is 0.300. The van der Waals surface area contributed by atoms with E-state index in [0.29, 0.717) is 47.7 Å². The Bertz CT molecular complexity index is 1500. The van der Waals surface area contributed by atoms with Crippen LogP contribution in [0.3, 0.4) is 0 Å². The van der Waals surface area contributed by atoms with Crippen LogP contribution in [-0.2, 0) is 15.9 Å². The number of carbonyl (C=O) groups excluding carboxylic acids is 1. The van der Waals surface area contributed by atoms with Gasteiger partial charge in [-0.15, -0.1) is 0 Å². The maximum Gasteiger partial charge on any atom is 0.416 e. The zero-order valence-electron chi connectivity index (χ0n) is 21.6. The molecule has 4 aromatic rings. The lowest BCUT2D eigenvalue weighted by molar-refractivity contribution is -0.141. The number of aromatic nitrogens is 1. The number of benzene rings is 3. The molecule has 202 valence electrons. The normalized spacial score (nSPS) is 20.2. The molecule has 1 saturated heterocycles. The minimum absolute atomic E-state index is 0.128. The van der Waals surface area contributed by atoms with Gasteiger partial charge in [-0.2, -0.15) is 0 Å².